The van der Waals surface area contributed by atoms with Crippen LogP contribution in [0.3, 0.4) is 0 Å². The second-order valence-electron chi connectivity index (χ2n) is 6.34. The normalized spacial score (nSPS) is 17.1. The first kappa shape index (κ1) is 21.2. The Kier molecular flexibility index (Phi) is 9.67. The van der Waals surface area contributed by atoms with E-state index < -0.39 is 0 Å². The van der Waals surface area contributed by atoms with Gasteiger partial charge in [-0.15, -0.1) is 12.4 Å². The first-order valence-corrected chi connectivity index (χ1v) is 8.94. The second-order valence-corrected chi connectivity index (χ2v) is 6.75. The van der Waals surface area contributed by atoms with Gasteiger partial charge in [-0.05, 0) is 63.5 Å². The zero-order valence-corrected chi connectivity index (χ0v) is 16.1. The summed E-state index contributed by atoms with van der Waals surface area (Å²) >= 11 is 6.18. The van der Waals surface area contributed by atoms with Gasteiger partial charge >= 0.3 is 0 Å². The van der Waals surface area contributed by atoms with Crippen LogP contribution in [0.1, 0.15) is 38.3 Å². The minimum atomic E-state index is -0.0671. The quantitative estimate of drug-likeness (QED) is 0.770. The average molecular weight is 374 g/mol. The smallest absolute Gasteiger partial charge is 0.234 e. The van der Waals surface area contributed by atoms with E-state index in [-0.39, 0.29) is 24.4 Å². The Bertz CT molecular complexity index is 505. The van der Waals surface area contributed by atoms with Gasteiger partial charge in [0.1, 0.15) is 0 Å². The molecule has 1 aromatic carbocycles. The topological polar surface area (TPSA) is 44.4 Å². The van der Waals surface area contributed by atoms with E-state index in [4.69, 9.17) is 11.6 Å². The Morgan fingerprint density at radius 2 is 2.00 bits per heavy atom. The fraction of sp³-hybridized carbons (Fsp3) is 0.611. The summed E-state index contributed by atoms with van der Waals surface area (Å²) in [7, 11) is 0. The highest BCUT2D eigenvalue weighted by Crippen LogP contribution is 2.22. The molecule has 1 aliphatic heterocycles. The first-order chi connectivity index (χ1) is 11.1. The fourth-order valence-electron chi connectivity index (χ4n) is 3.09. The molecule has 1 unspecified atom stereocenters. The molecule has 1 atom stereocenters. The van der Waals surface area contributed by atoms with Crippen LogP contribution < -0.4 is 10.6 Å². The minimum Gasteiger partial charge on any atom is -0.348 e. The van der Waals surface area contributed by atoms with Crippen molar-refractivity contribution in [3.05, 3.63) is 34.9 Å². The third-order valence-electron chi connectivity index (χ3n) is 4.51. The maximum Gasteiger partial charge on any atom is 0.234 e. The van der Waals surface area contributed by atoms with Gasteiger partial charge in [-0.3, -0.25) is 9.69 Å². The van der Waals surface area contributed by atoms with Crippen molar-refractivity contribution in [2.45, 2.75) is 32.7 Å². The van der Waals surface area contributed by atoms with Crippen LogP contribution in [0.2, 0.25) is 5.02 Å². The van der Waals surface area contributed by atoms with E-state index >= 15 is 0 Å². The minimum absolute atomic E-state index is 0. The molecule has 0 radical (unpaired) electrons. The molecule has 1 fully saturated rings. The van der Waals surface area contributed by atoms with Crippen LogP contribution in [0.15, 0.2) is 24.3 Å². The average Bonchev–Trinajstić information content (AvgIpc) is 2.54. The number of nitrogens with one attached hydrogen (secondary N) is 2. The number of piperidine rings is 1. The SMILES string of the molecule is CCNCC1CCN(CC(=O)NC(C)c2ccccc2Cl)CC1.Cl. The standard InChI is InChI=1S/C18H28ClN3O.ClH/c1-3-20-12-15-8-10-22(11-9-15)13-18(23)21-14(2)16-6-4-5-7-17(16)19;/h4-7,14-15,20H,3,8-13H2,1-2H3,(H,21,23);1H. The summed E-state index contributed by atoms with van der Waals surface area (Å²) in [5, 5.41) is 7.16. The van der Waals surface area contributed by atoms with Gasteiger partial charge < -0.3 is 10.6 Å². The Hall–Kier alpha value is -0.810. The summed E-state index contributed by atoms with van der Waals surface area (Å²) in [5.41, 5.74) is 0.965. The van der Waals surface area contributed by atoms with E-state index in [1.165, 1.54) is 12.8 Å². The Balaban J connectivity index is 0.00000288. The summed E-state index contributed by atoms with van der Waals surface area (Å²) in [6, 6.07) is 7.59. The zero-order chi connectivity index (χ0) is 16.7. The number of hydrogen-bond acceptors (Lipinski definition) is 3. The monoisotopic (exact) mass is 373 g/mol. The molecule has 0 aromatic heterocycles. The van der Waals surface area contributed by atoms with Crippen LogP contribution in [0.4, 0.5) is 0 Å². The molecule has 1 saturated heterocycles. The van der Waals surface area contributed by atoms with E-state index in [9.17, 15) is 4.79 Å². The van der Waals surface area contributed by atoms with Crippen molar-refractivity contribution in [2.75, 3.05) is 32.7 Å². The lowest BCUT2D eigenvalue weighted by Gasteiger charge is -2.31. The van der Waals surface area contributed by atoms with Gasteiger partial charge in [0.15, 0.2) is 0 Å². The molecule has 2 N–H and O–H groups in total. The molecule has 1 heterocycles. The predicted octanol–water partition coefficient (Wildman–Crippen LogP) is 3.26. The highest BCUT2D eigenvalue weighted by Gasteiger charge is 2.21. The van der Waals surface area contributed by atoms with E-state index in [1.807, 2.05) is 31.2 Å². The lowest BCUT2D eigenvalue weighted by Crippen LogP contribution is -2.43. The van der Waals surface area contributed by atoms with Crippen molar-refractivity contribution in [2.24, 2.45) is 5.92 Å². The van der Waals surface area contributed by atoms with Crippen LogP contribution in [-0.2, 0) is 4.79 Å². The number of carbonyl (C=O) groups excluding carboxylic acids is 1. The summed E-state index contributed by atoms with van der Waals surface area (Å²) in [4.78, 5) is 14.5. The molecule has 6 heteroatoms. The van der Waals surface area contributed by atoms with Crippen LogP contribution in [0.5, 0.6) is 0 Å². The molecule has 0 aliphatic carbocycles. The zero-order valence-electron chi connectivity index (χ0n) is 14.6. The van der Waals surface area contributed by atoms with Gasteiger partial charge in [0.25, 0.3) is 0 Å². The number of halogens is 2. The van der Waals surface area contributed by atoms with E-state index in [1.54, 1.807) is 0 Å². The second kappa shape index (κ2) is 10.9. The molecule has 0 spiro atoms. The number of carbonyl (C=O) groups is 1. The van der Waals surface area contributed by atoms with Crippen molar-refractivity contribution < 1.29 is 4.79 Å². The molecule has 0 bridgehead atoms. The van der Waals surface area contributed by atoms with Crippen molar-refractivity contribution in [3.8, 4) is 0 Å². The van der Waals surface area contributed by atoms with Crippen LogP contribution in [0.25, 0.3) is 0 Å². The van der Waals surface area contributed by atoms with Crippen LogP contribution in [0, 0.1) is 5.92 Å². The number of hydrogen-bond donors (Lipinski definition) is 2. The Morgan fingerprint density at radius 1 is 1.33 bits per heavy atom. The number of nitrogens with zero attached hydrogens (tertiary/aromatic N) is 1. The summed E-state index contributed by atoms with van der Waals surface area (Å²) in [5.74, 6) is 0.818. The van der Waals surface area contributed by atoms with E-state index in [0.29, 0.717) is 11.6 Å². The molecule has 24 heavy (non-hydrogen) atoms. The molecule has 4 nitrogen and oxygen atoms in total. The Labute approximate surface area is 156 Å². The van der Waals surface area contributed by atoms with Crippen molar-refractivity contribution in [1.29, 1.82) is 0 Å². The number of benzene rings is 1. The lowest BCUT2D eigenvalue weighted by atomic mass is 9.97. The molecular formula is C18H29Cl2N3O. The maximum absolute atomic E-state index is 12.3. The third kappa shape index (κ3) is 6.60. The molecule has 0 saturated carbocycles. The van der Waals surface area contributed by atoms with Gasteiger partial charge in [-0.1, -0.05) is 36.7 Å². The van der Waals surface area contributed by atoms with Gasteiger partial charge in [0, 0.05) is 5.02 Å². The van der Waals surface area contributed by atoms with E-state index in [0.717, 1.165) is 37.7 Å². The van der Waals surface area contributed by atoms with Crippen molar-refractivity contribution in [3.63, 3.8) is 0 Å². The fourth-order valence-corrected chi connectivity index (χ4v) is 3.39. The number of rotatable bonds is 7. The molecule has 2 rings (SSSR count). The third-order valence-corrected chi connectivity index (χ3v) is 4.85. The van der Waals surface area contributed by atoms with E-state index in [2.05, 4.69) is 22.5 Å². The van der Waals surface area contributed by atoms with Crippen LogP contribution in [-0.4, -0.2) is 43.5 Å². The number of likely N-dealkylation sites (tertiary alicyclic amines) is 1. The van der Waals surface area contributed by atoms with Gasteiger partial charge in [0.2, 0.25) is 5.91 Å². The van der Waals surface area contributed by atoms with Crippen LogP contribution >= 0.6 is 24.0 Å². The van der Waals surface area contributed by atoms with Gasteiger partial charge in [0.05, 0.1) is 12.6 Å². The van der Waals surface area contributed by atoms with Gasteiger partial charge in [-0.25, -0.2) is 0 Å². The predicted molar refractivity (Wildman–Crippen MR) is 103 cm³/mol. The van der Waals surface area contributed by atoms with Crippen molar-refractivity contribution in [1.82, 2.24) is 15.5 Å². The van der Waals surface area contributed by atoms with Crippen molar-refractivity contribution >= 4 is 29.9 Å². The molecule has 1 aliphatic rings. The maximum atomic E-state index is 12.3. The number of amides is 1. The highest BCUT2D eigenvalue weighted by molar-refractivity contribution is 6.31. The van der Waals surface area contributed by atoms with Gasteiger partial charge in [-0.2, -0.15) is 0 Å². The largest absolute Gasteiger partial charge is 0.348 e. The summed E-state index contributed by atoms with van der Waals surface area (Å²) in [6.07, 6.45) is 2.33. The lowest BCUT2D eigenvalue weighted by molar-refractivity contribution is -0.123. The molecule has 1 aromatic rings. The summed E-state index contributed by atoms with van der Waals surface area (Å²) in [6.45, 7) is 8.72. The Morgan fingerprint density at radius 3 is 2.62 bits per heavy atom. The molecular weight excluding hydrogens is 345 g/mol. The molecule has 1 amide bonds. The summed E-state index contributed by atoms with van der Waals surface area (Å²) < 4.78 is 0. The first-order valence-electron chi connectivity index (χ1n) is 8.57. The molecule has 136 valence electrons. The highest BCUT2D eigenvalue weighted by atomic mass is 35.5.